The highest BCUT2D eigenvalue weighted by molar-refractivity contribution is 5.81. The third-order valence-corrected chi connectivity index (χ3v) is 5.27. The largest absolute Gasteiger partial charge is 0.465 e. The Morgan fingerprint density at radius 2 is 1.97 bits per heavy atom. The number of aryl methyl sites for hydroxylation is 2. The van der Waals surface area contributed by atoms with Gasteiger partial charge in [-0.3, -0.25) is 9.55 Å². The summed E-state index contributed by atoms with van der Waals surface area (Å²) >= 11 is 0. The lowest BCUT2D eigenvalue weighted by Gasteiger charge is -2.09. The van der Waals surface area contributed by atoms with Crippen molar-refractivity contribution in [3.63, 3.8) is 0 Å². The van der Waals surface area contributed by atoms with Crippen LogP contribution in [0.5, 0.6) is 6.01 Å². The molecule has 1 aromatic carbocycles. The topological polar surface area (TPSA) is 104 Å². The van der Waals surface area contributed by atoms with Gasteiger partial charge in [-0.15, -0.1) is 0 Å². The quantitative estimate of drug-likeness (QED) is 0.473. The third kappa shape index (κ3) is 3.24. The second kappa shape index (κ2) is 7.35. The Kier molecular flexibility index (Phi) is 4.50. The number of aromatic amines is 1. The monoisotopic (exact) mass is 415 g/mol. The van der Waals surface area contributed by atoms with E-state index in [9.17, 15) is 4.79 Å². The van der Waals surface area contributed by atoms with Gasteiger partial charge in [-0.25, -0.2) is 14.3 Å². The predicted octanol–water partition coefficient (Wildman–Crippen LogP) is 2.92. The van der Waals surface area contributed by atoms with Gasteiger partial charge in [0.2, 0.25) is 5.95 Å². The first kappa shape index (κ1) is 19.0. The van der Waals surface area contributed by atoms with Crippen molar-refractivity contribution < 1.29 is 4.74 Å². The van der Waals surface area contributed by atoms with Crippen molar-refractivity contribution in [2.75, 3.05) is 6.61 Å². The third-order valence-electron chi connectivity index (χ3n) is 5.27. The maximum atomic E-state index is 12.6. The Balaban J connectivity index is 1.71. The molecular weight excluding hydrogens is 394 g/mol. The van der Waals surface area contributed by atoms with E-state index in [1.54, 1.807) is 27.7 Å². The summed E-state index contributed by atoms with van der Waals surface area (Å²) in [6.45, 7) is 6.81. The lowest BCUT2D eigenvalue weighted by Crippen LogP contribution is -2.18. The number of hydrogen-bond acceptors (Lipinski definition) is 6. The molecule has 31 heavy (non-hydrogen) atoms. The fourth-order valence-corrected chi connectivity index (χ4v) is 3.59. The van der Waals surface area contributed by atoms with Gasteiger partial charge in [-0.1, -0.05) is 6.07 Å². The Bertz CT molecular complexity index is 1460. The average Bonchev–Trinajstić information content (AvgIpc) is 3.26. The minimum atomic E-state index is -0.253. The maximum Gasteiger partial charge on any atom is 0.328 e. The zero-order chi connectivity index (χ0) is 21.5. The summed E-state index contributed by atoms with van der Waals surface area (Å²) in [7, 11) is 0. The molecule has 0 aliphatic carbocycles. The molecule has 0 saturated carbocycles. The van der Waals surface area contributed by atoms with Crippen LogP contribution in [0.4, 0.5) is 0 Å². The minimum Gasteiger partial charge on any atom is -0.465 e. The summed E-state index contributed by atoms with van der Waals surface area (Å²) in [6.07, 6.45) is 5.04. The number of rotatable bonds is 5. The fourth-order valence-electron chi connectivity index (χ4n) is 3.59. The molecule has 9 nitrogen and oxygen atoms in total. The smallest absolute Gasteiger partial charge is 0.328 e. The van der Waals surface area contributed by atoms with Gasteiger partial charge in [0.25, 0.3) is 0 Å². The van der Waals surface area contributed by atoms with Crippen LogP contribution in [-0.2, 0) is 6.54 Å². The second-order valence-corrected chi connectivity index (χ2v) is 7.37. The first-order chi connectivity index (χ1) is 15.0. The number of fused-ring (bicyclic) bond motifs is 2. The molecule has 0 aliphatic rings. The summed E-state index contributed by atoms with van der Waals surface area (Å²) in [5, 5.41) is 0. The van der Waals surface area contributed by atoms with E-state index in [0.717, 1.165) is 27.7 Å². The summed E-state index contributed by atoms with van der Waals surface area (Å²) in [5.74, 6) is 0.389. The molecule has 0 spiro atoms. The first-order valence-corrected chi connectivity index (χ1v) is 10.0. The number of benzene rings is 1. The lowest BCUT2D eigenvalue weighted by atomic mass is 10.1. The molecule has 0 unspecified atom stereocenters. The van der Waals surface area contributed by atoms with Gasteiger partial charge < -0.3 is 9.72 Å². The van der Waals surface area contributed by atoms with E-state index >= 15 is 0 Å². The van der Waals surface area contributed by atoms with Crippen LogP contribution < -0.4 is 10.4 Å². The molecule has 0 bridgehead atoms. The number of ether oxygens (including phenoxy) is 1. The fraction of sp³-hybridized carbons (Fsp3) is 0.227. The maximum absolute atomic E-state index is 12.6. The van der Waals surface area contributed by atoms with Gasteiger partial charge in [0.05, 0.1) is 30.4 Å². The zero-order valence-corrected chi connectivity index (χ0v) is 17.5. The van der Waals surface area contributed by atoms with E-state index in [1.165, 1.54) is 0 Å². The normalized spacial score (nSPS) is 11.5. The summed E-state index contributed by atoms with van der Waals surface area (Å²) < 4.78 is 9.15. The molecule has 4 heterocycles. The van der Waals surface area contributed by atoms with Crippen LogP contribution in [0.3, 0.4) is 0 Å². The highest BCUT2D eigenvalue weighted by Crippen LogP contribution is 2.27. The first-order valence-electron chi connectivity index (χ1n) is 10.0. The van der Waals surface area contributed by atoms with Gasteiger partial charge in [-0.05, 0) is 55.7 Å². The molecule has 156 valence electrons. The van der Waals surface area contributed by atoms with Gasteiger partial charge in [0.1, 0.15) is 5.52 Å². The molecular formula is C22H21N7O2. The zero-order valence-electron chi connectivity index (χ0n) is 17.5. The second-order valence-electron chi connectivity index (χ2n) is 7.37. The molecule has 0 amide bonds. The van der Waals surface area contributed by atoms with Gasteiger partial charge in [0.15, 0.2) is 5.65 Å². The van der Waals surface area contributed by atoms with Crippen molar-refractivity contribution in [3.8, 4) is 12.0 Å². The number of aromatic nitrogens is 7. The summed E-state index contributed by atoms with van der Waals surface area (Å²) in [5.41, 5.74) is 5.65. The molecule has 0 fully saturated rings. The van der Waals surface area contributed by atoms with Crippen LogP contribution in [0.25, 0.3) is 28.1 Å². The van der Waals surface area contributed by atoms with Crippen LogP contribution in [-0.4, -0.2) is 40.7 Å². The molecule has 5 aromatic rings. The van der Waals surface area contributed by atoms with Crippen molar-refractivity contribution in [1.82, 2.24) is 34.1 Å². The highest BCUT2D eigenvalue weighted by Gasteiger charge is 2.19. The summed E-state index contributed by atoms with van der Waals surface area (Å²) in [4.78, 5) is 33.4. The van der Waals surface area contributed by atoms with E-state index in [2.05, 4.69) is 19.9 Å². The average molecular weight is 415 g/mol. The van der Waals surface area contributed by atoms with Crippen molar-refractivity contribution in [1.29, 1.82) is 0 Å². The minimum absolute atomic E-state index is 0.253. The van der Waals surface area contributed by atoms with E-state index in [1.807, 2.05) is 45.0 Å². The van der Waals surface area contributed by atoms with Crippen LogP contribution in [0, 0.1) is 13.8 Å². The van der Waals surface area contributed by atoms with E-state index in [0.29, 0.717) is 36.3 Å². The van der Waals surface area contributed by atoms with Gasteiger partial charge in [-0.2, -0.15) is 9.97 Å². The van der Waals surface area contributed by atoms with Crippen LogP contribution >= 0.6 is 0 Å². The van der Waals surface area contributed by atoms with E-state index < -0.39 is 0 Å². The van der Waals surface area contributed by atoms with Crippen molar-refractivity contribution >= 4 is 22.2 Å². The Hall–Kier alpha value is -4.01. The molecule has 0 aliphatic heterocycles. The molecule has 0 atom stereocenters. The van der Waals surface area contributed by atoms with Gasteiger partial charge >= 0.3 is 11.7 Å². The molecule has 5 rings (SSSR count). The number of pyridine rings is 1. The number of imidazole rings is 2. The number of H-pyrrole nitrogens is 1. The van der Waals surface area contributed by atoms with Crippen LogP contribution in [0.1, 0.15) is 23.6 Å². The number of hydrogen-bond donors (Lipinski definition) is 1. The molecule has 0 radical (unpaired) electrons. The van der Waals surface area contributed by atoms with Crippen molar-refractivity contribution in [2.45, 2.75) is 27.3 Å². The van der Waals surface area contributed by atoms with Crippen LogP contribution in [0.15, 0.2) is 47.7 Å². The molecule has 4 aromatic heterocycles. The number of nitrogens with zero attached hydrogens (tertiary/aromatic N) is 6. The van der Waals surface area contributed by atoms with E-state index in [-0.39, 0.29) is 5.69 Å². The lowest BCUT2D eigenvalue weighted by molar-refractivity contribution is 0.308. The van der Waals surface area contributed by atoms with Crippen LogP contribution in [0.2, 0.25) is 0 Å². The van der Waals surface area contributed by atoms with Crippen molar-refractivity contribution in [3.05, 3.63) is 70.0 Å². The van der Waals surface area contributed by atoms with E-state index in [4.69, 9.17) is 9.72 Å². The number of nitrogens with one attached hydrogen (secondary N) is 1. The standard InChI is InChI=1S/C22H21N7O2/c1-4-31-22-26-16-8-13(2)14(3)9-18(16)29(22)20-24-11-17-19(27-20)28(21(30)25-17)12-15-6-5-7-23-10-15/h5-11H,4,12H2,1-3H3,(H,25,30). The SMILES string of the molecule is CCOc1nc2cc(C)c(C)cc2n1-c1ncc2[nH]c(=O)n(Cc3cccnc3)c2n1. The Labute approximate surface area is 177 Å². The Morgan fingerprint density at radius 1 is 1.13 bits per heavy atom. The highest BCUT2D eigenvalue weighted by atomic mass is 16.5. The Morgan fingerprint density at radius 3 is 2.74 bits per heavy atom. The summed E-state index contributed by atoms with van der Waals surface area (Å²) in [6, 6.07) is 8.25. The molecule has 0 saturated heterocycles. The van der Waals surface area contributed by atoms with Crippen molar-refractivity contribution in [2.24, 2.45) is 0 Å². The van der Waals surface area contributed by atoms with Gasteiger partial charge in [0, 0.05) is 12.4 Å². The predicted molar refractivity (Wildman–Crippen MR) is 117 cm³/mol. The molecule has 1 N–H and O–H groups in total. The molecule has 9 heteroatoms.